The third-order valence-corrected chi connectivity index (χ3v) is 11.6. The van der Waals surface area contributed by atoms with Crippen molar-refractivity contribution >= 4 is 92.4 Å². The number of rotatable bonds is 5. The molecule has 0 bridgehead atoms. The van der Waals surface area contributed by atoms with Gasteiger partial charge in [-0.1, -0.05) is 121 Å². The molecule has 0 fully saturated rings. The minimum absolute atomic E-state index is 0.869. The molecule has 0 N–H and O–H groups in total. The van der Waals surface area contributed by atoms with Crippen molar-refractivity contribution in [3.05, 3.63) is 176 Å². The topological polar surface area (TPSA) is 29.5 Å². The number of fused-ring (bicyclic) bond motifs is 9. The van der Waals surface area contributed by atoms with Crippen LogP contribution >= 0.6 is 11.3 Å². The van der Waals surface area contributed by atoms with Gasteiger partial charge in [0.25, 0.3) is 0 Å². The van der Waals surface area contributed by atoms with Crippen LogP contribution in [0.3, 0.4) is 0 Å². The second-order valence-electron chi connectivity index (χ2n) is 13.2. The Kier molecular flexibility index (Phi) is 6.42. The van der Waals surface area contributed by atoms with Crippen molar-refractivity contribution in [1.29, 1.82) is 0 Å². The van der Waals surface area contributed by atoms with Gasteiger partial charge >= 0.3 is 0 Å². The predicted octanol–water partition coefficient (Wildman–Crippen LogP) is 14.7. The van der Waals surface area contributed by atoms with E-state index in [-0.39, 0.29) is 0 Å². The summed E-state index contributed by atoms with van der Waals surface area (Å²) >= 11 is 1.86. The van der Waals surface area contributed by atoms with E-state index in [1.165, 1.54) is 31.3 Å². The molecule has 0 saturated carbocycles. The number of para-hydroxylation sites is 2. The van der Waals surface area contributed by atoms with Gasteiger partial charge in [0.1, 0.15) is 22.3 Å². The molecular formula is C48H29NO2S. The summed E-state index contributed by atoms with van der Waals surface area (Å²) in [7, 11) is 0. The molecule has 3 heterocycles. The maximum atomic E-state index is 6.43. The van der Waals surface area contributed by atoms with Crippen LogP contribution in [-0.4, -0.2) is 0 Å². The number of nitrogens with zero attached hydrogens (tertiary/aromatic N) is 1. The van der Waals surface area contributed by atoms with E-state index in [4.69, 9.17) is 8.83 Å². The molecule has 0 atom stereocenters. The molecule has 4 heteroatoms. The Balaban J connectivity index is 1.12. The van der Waals surface area contributed by atoms with Gasteiger partial charge in [-0.2, -0.15) is 0 Å². The van der Waals surface area contributed by atoms with E-state index in [2.05, 4.69) is 157 Å². The molecule has 3 aromatic heterocycles. The summed E-state index contributed by atoms with van der Waals surface area (Å²) in [5.74, 6) is 0. The Morgan fingerprint density at radius 2 is 0.942 bits per heavy atom. The van der Waals surface area contributed by atoms with Crippen LogP contribution in [0.5, 0.6) is 0 Å². The van der Waals surface area contributed by atoms with Crippen molar-refractivity contribution < 1.29 is 8.83 Å². The third kappa shape index (κ3) is 4.45. The van der Waals surface area contributed by atoms with Gasteiger partial charge in [0.05, 0.1) is 10.4 Å². The van der Waals surface area contributed by atoms with E-state index in [1.54, 1.807) is 0 Å². The maximum absolute atomic E-state index is 6.43. The molecule has 3 nitrogen and oxygen atoms in total. The van der Waals surface area contributed by atoms with Gasteiger partial charge in [0.15, 0.2) is 0 Å². The standard InChI is InChI=1S/C48H29NO2S/c1-2-11-30(12-3-1)35-16-8-17-38-39-18-9-19-41(48(39)52-47(35)38)49(33-27-28-37-36-13-4-6-20-42(36)51-45(37)29-33)32-25-23-31(24-26-32)34-15-10-22-44-46(34)40-14-5-7-21-43(40)50-44/h1-29H. The summed E-state index contributed by atoms with van der Waals surface area (Å²) in [5, 5.41) is 7.03. The zero-order valence-corrected chi connectivity index (χ0v) is 28.7. The molecule has 11 aromatic rings. The van der Waals surface area contributed by atoms with Gasteiger partial charge in [0.2, 0.25) is 0 Å². The molecule has 8 aromatic carbocycles. The summed E-state index contributed by atoms with van der Waals surface area (Å²) < 4.78 is 15.2. The van der Waals surface area contributed by atoms with Crippen LogP contribution in [-0.2, 0) is 0 Å². The average molecular weight is 684 g/mol. The lowest BCUT2D eigenvalue weighted by Crippen LogP contribution is -2.10. The Bertz CT molecular complexity index is 3130. The molecule has 0 aliphatic carbocycles. The van der Waals surface area contributed by atoms with Crippen molar-refractivity contribution in [2.45, 2.75) is 0 Å². The Hall–Kier alpha value is -6.62. The highest BCUT2D eigenvalue weighted by Gasteiger charge is 2.21. The van der Waals surface area contributed by atoms with Crippen LogP contribution in [0.25, 0.3) is 86.3 Å². The Morgan fingerprint density at radius 3 is 1.79 bits per heavy atom. The zero-order chi connectivity index (χ0) is 34.2. The fourth-order valence-electron chi connectivity index (χ4n) is 7.91. The van der Waals surface area contributed by atoms with Gasteiger partial charge in [0, 0.05) is 54.5 Å². The number of benzene rings is 8. The van der Waals surface area contributed by atoms with Crippen LogP contribution < -0.4 is 4.90 Å². The number of anilines is 3. The quantitative estimate of drug-likeness (QED) is 0.181. The molecule has 0 aliphatic rings. The zero-order valence-electron chi connectivity index (χ0n) is 27.9. The first-order valence-corrected chi connectivity index (χ1v) is 18.3. The van der Waals surface area contributed by atoms with E-state index in [0.29, 0.717) is 0 Å². The average Bonchev–Trinajstić information content (AvgIpc) is 3.90. The molecule has 11 rings (SSSR count). The molecule has 0 aliphatic heterocycles. The number of furan rings is 2. The molecule has 0 radical (unpaired) electrons. The molecule has 244 valence electrons. The maximum Gasteiger partial charge on any atom is 0.137 e. The van der Waals surface area contributed by atoms with Crippen LogP contribution in [0.2, 0.25) is 0 Å². The molecule has 0 amide bonds. The largest absolute Gasteiger partial charge is 0.456 e. The van der Waals surface area contributed by atoms with Gasteiger partial charge in [-0.15, -0.1) is 11.3 Å². The molecule has 0 spiro atoms. The van der Waals surface area contributed by atoms with Crippen LogP contribution in [0, 0.1) is 0 Å². The SMILES string of the molecule is c1ccc(-c2cccc3c2sc2c(N(c4ccc(-c5cccc6oc7ccccc7c56)cc4)c4ccc5c(c4)oc4ccccc45)cccc23)cc1. The van der Waals surface area contributed by atoms with Gasteiger partial charge in [-0.05, 0) is 70.8 Å². The summed E-state index contributed by atoms with van der Waals surface area (Å²) in [6.45, 7) is 0. The fourth-order valence-corrected chi connectivity index (χ4v) is 9.25. The highest BCUT2D eigenvalue weighted by molar-refractivity contribution is 7.27. The second-order valence-corrected chi connectivity index (χ2v) is 14.3. The van der Waals surface area contributed by atoms with Crippen LogP contribution in [0.1, 0.15) is 0 Å². The Morgan fingerprint density at radius 1 is 0.365 bits per heavy atom. The van der Waals surface area contributed by atoms with Crippen LogP contribution in [0.15, 0.2) is 185 Å². The summed E-state index contributed by atoms with van der Waals surface area (Å²) in [4.78, 5) is 2.38. The fraction of sp³-hybridized carbons (Fsp3) is 0. The minimum Gasteiger partial charge on any atom is -0.456 e. The van der Waals surface area contributed by atoms with Gasteiger partial charge in [-0.25, -0.2) is 0 Å². The van der Waals surface area contributed by atoms with Crippen molar-refractivity contribution in [2.75, 3.05) is 4.90 Å². The molecule has 0 unspecified atom stereocenters. The summed E-state index contributed by atoms with van der Waals surface area (Å²) in [6, 6.07) is 62.5. The molecule has 52 heavy (non-hydrogen) atoms. The smallest absolute Gasteiger partial charge is 0.137 e. The van der Waals surface area contributed by atoms with E-state index >= 15 is 0 Å². The lowest BCUT2D eigenvalue weighted by Gasteiger charge is -2.26. The van der Waals surface area contributed by atoms with E-state index in [1.807, 2.05) is 35.6 Å². The Labute approximate surface area is 303 Å². The number of hydrogen-bond donors (Lipinski definition) is 0. The first-order chi connectivity index (χ1) is 25.8. The van der Waals surface area contributed by atoms with Crippen molar-refractivity contribution in [3.8, 4) is 22.3 Å². The molecular weight excluding hydrogens is 655 g/mol. The predicted molar refractivity (Wildman–Crippen MR) is 219 cm³/mol. The lowest BCUT2D eigenvalue weighted by atomic mass is 9.99. The second kappa shape index (κ2) is 11.5. The highest BCUT2D eigenvalue weighted by Crippen LogP contribution is 2.48. The minimum atomic E-state index is 0.869. The van der Waals surface area contributed by atoms with Gasteiger partial charge < -0.3 is 13.7 Å². The van der Waals surface area contributed by atoms with E-state index in [9.17, 15) is 0 Å². The van der Waals surface area contributed by atoms with Gasteiger partial charge in [-0.3, -0.25) is 0 Å². The first kappa shape index (κ1) is 29.1. The van der Waals surface area contributed by atoms with E-state index < -0.39 is 0 Å². The van der Waals surface area contributed by atoms with Crippen molar-refractivity contribution in [1.82, 2.24) is 0 Å². The highest BCUT2D eigenvalue weighted by atomic mass is 32.1. The van der Waals surface area contributed by atoms with E-state index in [0.717, 1.165) is 72.1 Å². The monoisotopic (exact) mass is 683 g/mol. The third-order valence-electron chi connectivity index (χ3n) is 10.3. The number of hydrogen-bond acceptors (Lipinski definition) is 4. The first-order valence-electron chi connectivity index (χ1n) is 17.5. The molecule has 0 saturated heterocycles. The van der Waals surface area contributed by atoms with Crippen molar-refractivity contribution in [3.63, 3.8) is 0 Å². The van der Waals surface area contributed by atoms with Crippen LogP contribution in [0.4, 0.5) is 17.1 Å². The van der Waals surface area contributed by atoms with Crippen molar-refractivity contribution in [2.24, 2.45) is 0 Å². The number of thiophene rings is 1. The summed E-state index contributed by atoms with van der Waals surface area (Å²) in [5.41, 5.74) is 11.6. The lowest BCUT2D eigenvalue weighted by molar-refractivity contribution is 0.668. The summed E-state index contributed by atoms with van der Waals surface area (Å²) in [6.07, 6.45) is 0. The normalized spacial score (nSPS) is 11.8.